The van der Waals surface area contributed by atoms with Gasteiger partial charge in [-0.05, 0) is 18.1 Å². The van der Waals surface area contributed by atoms with Crippen LogP contribution in [-0.4, -0.2) is 37.2 Å². The van der Waals surface area contributed by atoms with E-state index in [9.17, 15) is 14.8 Å². The second-order valence-corrected chi connectivity index (χ2v) is 4.68. The third kappa shape index (κ3) is 6.62. The molecule has 0 radical (unpaired) electrons. The molecule has 1 aromatic carbocycles. The maximum atomic E-state index is 11.5. The monoisotopic (exact) mass is 296 g/mol. The second kappa shape index (κ2) is 8.80. The minimum atomic E-state index is -0.918. The number of hydroxylamine groups is 1. The van der Waals surface area contributed by atoms with E-state index in [0.717, 1.165) is 0 Å². The smallest absolute Gasteiger partial charge is 0.438 e. The molecule has 0 atom stereocenters. The summed E-state index contributed by atoms with van der Waals surface area (Å²) in [4.78, 5) is 22.7. The number of anilines is 1. The number of benzene rings is 1. The largest absolute Gasteiger partial charge is 0.449 e. The highest BCUT2D eigenvalue weighted by atomic mass is 16.6. The lowest BCUT2D eigenvalue weighted by Gasteiger charge is -2.15. The van der Waals surface area contributed by atoms with Crippen LogP contribution in [0.2, 0.25) is 0 Å². The van der Waals surface area contributed by atoms with Gasteiger partial charge in [0.1, 0.15) is 6.61 Å². The topological polar surface area (TPSA) is 88.1 Å². The number of para-hydroxylation sites is 1. The number of hydrogen-bond donors (Lipinski definition) is 2. The Morgan fingerprint density at radius 1 is 1.24 bits per heavy atom. The van der Waals surface area contributed by atoms with E-state index in [1.165, 1.54) is 0 Å². The van der Waals surface area contributed by atoms with E-state index in [4.69, 9.17) is 9.47 Å². The van der Waals surface area contributed by atoms with Crippen molar-refractivity contribution in [1.29, 1.82) is 0 Å². The van der Waals surface area contributed by atoms with Crippen molar-refractivity contribution >= 4 is 17.9 Å². The Labute approximate surface area is 123 Å². The van der Waals surface area contributed by atoms with Crippen LogP contribution in [-0.2, 0) is 9.47 Å². The summed E-state index contributed by atoms with van der Waals surface area (Å²) in [7, 11) is 0. The summed E-state index contributed by atoms with van der Waals surface area (Å²) in [5.74, 6) is 0.252. The van der Waals surface area contributed by atoms with Gasteiger partial charge in [-0.25, -0.2) is 9.59 Å². The van der Waals surface area contributed by atoms with Gasteiger partial charge in [-0.15, -0.1) is 0 Å². The van der Waals surface area contributed by atoms with E-state index in [1.807, 2.05) is 13.8 Å². The van der Waals surface area contributed by atoms with Crippen molar-refractivity contribution in [3.05, 3.63) is 30.3 Å². The lowest BCUT2D eigenvalue weighted by Crippen LogP contribution is -2.33. The Hall–Kier alpha value is -2.28. The highest BCUT2D eigenvalue weighted by Crippen LogP contribution is 2.11. The molecule has 0 aromatic heterocycles. The minimum absolute atomic E-state index is 0.0699. The molecule has 0 aliphatic rings. The number of carbonyl (C=O) groups excluding carboxylic acids is 2. The summed E-state index contributed by atoms with van der Waals surface area (Å²) in [5, 5.41) is 12.4. The number of alkyl carbamates (subject to hydrolysis) is 1. The van der Waals surface area contributed by atoms with E-state index >= 15 is 0 Å². The fourth-order valence-corrected chi connectivity index (χ4v) is 1.32. The van der Waals surface area contributed by atoms with Crippen LogP contribution in [0.4, 0.5) is 15.3 Å². The maximum Gasteiger partial charge on any atom is 0.438 e. The SMILES string of the molecule is CC(C)COC(=O)NCCOC(=O)N(O)c1ccccc1. The van der Waals surface area contributed by atoms with Gasteiger partial charge in [0.2, 0.25) is 0 Å². The lowest BCUT2D eigenvalue weighted by molar-refractivity contribution is 0.113. The zero-order valence-electron chi connectivity index (χ0n) is 12.1. The zero-order chi connectivity index (χ0) is 15.7. The predicted octanol–water partition coefficient (Wildman–Crippen LogP) is 2.40. The molecule has 116 valence electrons. The lowest BCUT2D eigenvalue weighted by atomic mass is 10.2. The van der Waals surface area contributed by atoms with E-state index in [0.29, 0.717) is 17.4 Å². The highest BCUT2D eigenvalue weighted by Gasteiger charge is 2.14. The molecule has 0 saturated heterocycles. The first-order valence-electron chi connectivity index (χ1n) is 6.62. The summed E-state index contributed by atoms with van der Waals surface area (Å²) >= 11 is 0. The first kappa shape index (κ1) is 16.8. The first-order chi connectivity index (χ1) is 10.0. The molecular formula is C14H20N2O5. The molecule has 1 aromatic rings. The van der Waals surface area contributed by atoms with Gasteiger partial charge in [-0.2, -0.15) is 5.06 Å². The average Bonchev–Trinajstić information content (AvgIpc) is 2.49. The Bertz CT molecular complexity index is 450. The number of hydrogen-bond acceptors (Lipinski definition) is 5. The quantitative estimate of drug-likeness (QED) is 0.478. The van der Waals surface area contributed by atoms with Crippen molar-refractivity contribution in [2.24, 2.45) is 5.92 Å². The molecule has 2 amide bonds. The highest BCUT2D eigenvalue weighted by molar-refractivity contribution is 5.84. The van der Waals surface area contributed by atoms with Crippen molar-refractivity contribution in [3.8, 4) is 0 Å². The van der Waals surface area contributed by atoms with E-state index < -0.39 is 12.2 Å². The number of carbonyl (C=O) groups is 2. The summed E-state index contributed by atoms with van der Waals surface area (Å²) < 4.78 is 9.68. The van der Waals surface area contributed by atoms with Gasteiger partial charge in [0.25, 0.3) is 0 Å². The molecular weight excluding hydrogens is 276 g/mol. The van der Waals surface area contributed by atoms with Crippen molar-refractivity contribution < 1.29 is 24.3 Å². The molecule has 0 saturated carbocycles. The predicted molar refractivity (Wildman–Crippen MR) is 76.2 cm³/mol. The Balaban J connectivity index is 2.20. The Morgan fingerprint density at radius 3 is 2.52 bits per heavy atom. The van der Waals surface area contributed by atoms with E-state index in [2.05, 4.69) is 5.32 Å². The molecule has 1 rings (SSSR count). The summed E-state index contributed by atoms with van der Waals surface area (Å²) in [6, 6.07) is 8.23. The molecule has 0 bridgehead atoms. The second-order valence-electron chi connectivity index (χ2n) is 4.68. The maximum absolute atomic E-state index is 11.5. The molecule has 0 aliphatic carbocycles. The third-order valence-corrected chi connectivity index (χ3v) is 2.32. The average molecular weight is 296 g/mol. The van der Waals surface area contributed by atoms with Crippen LogP contribution >= 0.6 is 0 Å². The number of nitrogens with one attached hydrogen (secondary N) is 1. The Kier molecular flexibility index (Phi) is 7.03. The minimum Gasteiger partial charge on any atom is -0.449 e. The van der Waals surface area contributed by atoms with Crippen LogP contribution in [0.1, 0.15) is 13.8 Å². The van der Waals surface area contributed by atoms with Crippen molar-refractivity contribution in [2.75, 3.05) is 24.8 Å². The van der Waals surface area contributed by atoms with Gasteiger partial charge in [0.15, 0.2) is 0 Å². The van der Waals surface area contributed by atoms with Crippen LogP contribution in [0, 0.1) is 5.92 Å². The Morgan fingerprint density at radius 2 is 1.90 bits per heavy atom. The molecule has 2 N–H and O–H groups in total. The van der Waals surface area contributed by atoms with Gasteiger partial charge in [-0.3, -0.25) is 5.21 Å². The van der Waals surface area contributed by atoms with Gasteiger partial charge in [0.05, 0.1) is 18.8 Å². The fraction of sp³-hybridized carbons (Fsp3) is 0.429. The van der Waals surface area contributed by atoms with Crippen molar-refractivity contribution in [3.63, 3.8) is 0 Å². The van der Waals surface area contributed by atoms with Gasteiger partial charge >= 0.3 is 12.2 Å². The molecule has 0 spiro atoms. The van der Waals surface area contributed by atoms with Crippen LogP contribution in [0.15, 0.2) is 30.3 Å². The summed E-state index contributed by atoms with van der Waals surface area (Å²) in [6.07, 6.45) is -1.48. The van der Waals surface area contributed by atoms with E-state index in [1.54, 1.807) is 30.3 Å². The molecule has 0 unspecified atom stereocenters. The summed E-state index contributed by atoms with van der Waals surface area (Å²) in [6.45, 7) is 4.21. The molecule has 0 aliphatic heterocycles. The number of ether oxygens (including phenoxy) is 2. The molecule has 7 nitrogen and oxygen atoms in total. The number of rotatable bonds is 6. The molecule has 7 heteroatoms. The molecule has 21 heavy (non-hydrogen) atoms. The van der Waals surface area contributed by atoms with Crippen LogP contribution < -0.4 is 10.4 Å². The molecule has 0 fully saturated rings. The molecule has 0 heterocycles. The normalized spacial score (nSPS) is 10.1. The first-order valence-corrected chi connectivity index (χ1v) is 6.62. The van der Waals surface area contributed by atoms with Crippen LogP contribution in [0.5, 0.6) is 0 Å². The third-order valence-electron chi connectivity index (χ3n) is 2.32. The van der Waals surface area contributed by atoms with Crippen LogP contribution in [0.3, 0.4) is 0 Å². The van der Waals surface area contributed by atoms with Gasteiger partial charge in [0, 0.05) is 0 Å². The standard InChI is InChI=1S/C14H20N2O5/c1-11(2)10-21-13(17)15-8-9-20-14(18)16(19)12-6-4-3-5-7-12/h3-7,11,19H,8-10H2,1-2H3,(H,15,17). The summed E-state index contributed by atoms with van der Waals surface area (Å²) in [5.41, 5.74) is 0.298. The van der Waals surface area contributed by atoms with Crippen molar-refractivity contribution in [1.82, 2.24) is 5.32 Å². The number of amides is 2. The van der Waals surface area contributed by atoms with Gasteiger partial charge in [-0.1, -0.05) is 32.0 Å². The van der Waals surface area contributed by atoms with E-state index in [-0.39, 0.29) is 19.1 Å². The van der Waals surface area contributed by atoms with Gasteiger partial charge < -0.3 is 14.8 Å². The van der Waals surface area contributed by atoms with Crippen LogP contribution in [0.25, 0.3) is 0 Å². The fourth-order valence-electron chi connectivity index (χ4n) is 1.32. The zero-order valence-corrected chi connectivity index (χ0v) is 12.1. The van der Waals surface area contributed by atoms with Crippen molar-refractivity contribution in [2.45, 2.75) is 13.8 Å². The number of nitrogens with zero attached hydrogens (tertiary/aromatic N) is 1.